The lowest BCUT2D eigenvalue weighted by molar-refractivity contribution is -0.147. The van der Waals surface area contributed by atoms with Crippen molar-refractivity contribution in [2.75, 3.05) is 0 Å². The molecule has 0 aliphatic heterocycles. The Kier molecular flexibility index (Phi) is 3.31. The summed E-state index contributed by atoms with van der Waals surface area (Å²) in [6.45, 7) is 0. The van der Waals surface area contributed by atoms with E-state index in [4.69, 9.17) is 16.7 Å². The minimum absolute atomic E-state index is 0.176. The van der Waals surface area contributed by atoms with E-state index in [1.54, 1.807) is 0 Å². The van der Waals surface area contributed by atoms with E-state index >= 15 is 0 Å². The average molecular weight is 291 g/mol. The molecule has 18 heavy (non-hydrogen) atoms. The molecule has 1 saturated carbocycles. The highest BCUT2D eigenvalue weighted by molar-refractivity contribution is 7.89. The maximum atomic E-state index is 12.1. The number of halogens is 1. The molecule has 1 aliphatic carbocycles. The van der Waals surface area contributed by atoms with Gasteiger partial charge in [0.05, 0.1) is 0 Å². The van der Waals surface area contributed by atoms with Crippen LogP contribution in [-0.4, -0.2) is 30.0 Å². The van der Waals surface area contributed by atoms with Gasteiger partial charge in [-0.1, -0.05) is 11.6 Å². The third kappa shape index (κ3) is 2.21. The summed E-state index contributed by atoms with van der Waals surface area (Å²) in [6.07, 6.45) is 2.59. The second-order valence-electron chi connectivity index (χ2n) is 4.14. The number of hydrogen-bond acceptors (Lipinski definition) is 4. The molecule has 0 amide bonds. The minimum atomic E-state index is -3.98. The van der Waals surface area contributed by atoms with Gasteiger partial charge in [0.15, 0.2) is 0 Å². The van der Waals surface area contributed by atoms with Crippen LogP contribution in [0, 0.1) is 0 Å². The smallest absolute Gasteiger partial charge is 0.324 e. The molecule has 0 aromatic carbocycles. The molecule has 1 aromatic heterocycles. The van der Waals surface area contributed by atoms with Crippen molar-refractivity contribution in [2.45, 2.75) is 29.7 Å². The topological polar surface area (TPSA) is 96.4 Å². The Balaban J connectivity index is 2.34. The molecule has 0 radical (unpaired) electrons. The summed E-state index contributed by atoms with van der Waals surface area (Å²) in [6, 6.07) is 2.71. The minimum Gasteiger partial charge on any atom is -0.480 e. The molecular weight excluding hydrogens is 280 g/mol. The number of carboxylic acid groups (broad SMARTS) is 1. The molecule has 0 spiro atoms. The van der Waals surface area contributed by atoms with Crippen LogP contribution in [-0.2, 0) is 14.8 Å². The average Bonchev–Trinajstić information content (AvgIpc) is 2.23. The summed E-state index contributed by atoms with van der Waals surface area (Å²) >= 11 is 5.70. The van der Waals surface area contributed by atoms with Crippen LogP contribution in [0.25, 0.3) is 0 Å². The van der Waals surface area contributed by atoms with E-state index in [0.717, 1.165) is 0 Å². The number of hydrogen-bond donors (Lipinski definition) is 2. The summed E-state index contributed by atoms with van der Waals surface area (Å²) in [5, 5.41) is 8.91. The first-order valence-corrected chi connectivity index (χ1v) is 7.11. The molecule has 0 atom stereocenters. The zero-order valence-electron chi connectivity index (χ0n) is 9.26. The number of aliphatic carboxylic acids is 1. The largest absolute Gasteiger partial charge is 0.480 e. The molecule has 1 fully saturated rings. The normalized spacial score (nSPS) is 18.1. The van der Waals surface area contributed by atoms with Gasteiger partial charge in [-0.25, -0.2) is 13.4 Å². The van der Waals surface area contributed by atoms with Gasteiger partial charge in [-0.15, -0.1) is 0 Å². The zero-order valence-corrected chi connectivity index (χ0v) is 10.8. The monoisotopic (exact) mass is 290 g/mol. The van der Waals surface area contributed by atoms with Crippen molar-refractivity contribution in [1.29, 1.82) is 0 Å². The highest BCUT2D eigenvalue weighted by Crippen LogP contribution is 2.34. The van der Waals surface area contributed by atoms with Crippen molar-refractivity contribution in [3.8, 4) is 0 Å². The van der Waals surface area contributed by atoms with E-state index in [-0.39, 0.29) is 22.9 Å². The Bertz CT molecular complexity index is 583. The van der Waals surface area contributed by atoms with Gasteiger partial charge < -0.3 is 5.11 Å². The Morgan fingerprint density at radius 3 is 2.61 bits per heavy atom. The SMILES string of the molecule is O=C(O)C1(NS(=O)(=O)c2cccnc2Cl)CCC1. The predicted molar refractivity (Wildman–Crippen MR) is 63.8 cm³/mol. The Hall–Kier alpha value is -1.18. The number of nitrogens with zero attached hydrogens (tertiary/aromatic N) is 1. The third-order valence-corrected chi connectivity index (χ3v) is 4.94. The fourth-order valence-electron chi connectivity index (χ4n) is 1.77. The van der Waals surface area contributed by atoms with E-state index in [1.807, 2.05) is 0 Å². The number of sulfonamides is 1. The molecular formula is C10H11ClN2O4S. The van der Waals surface area contributed by atoms with Crippen molar-refractivity contribution in [3.63, 3.8) is 0 Å². The molecule has 0 bridgehead atoms. The van der Waals surface area contributed by atoms with Crippen molar-refractivity contribution < 1.29 is 18.3 Å². The van der Waals surface area contributed by atoms with Gasteiger partial charge in [0.2, 0.25) is 10.0 Å². The Morgan fingerprint density at radius 2 is 2.17 bits per heavy atom. The van der Waals surface area contributed by atoms with Crippen molar-refractivity contribution in [3.05, 3.63) is 23.5 Å². The summed E-state index contributed by atoms with van der Waals surface area (Å²) in [5.41, 5.74) is -1.40. The predicted octanol–water partition coefficient (Wildman–Crippen LogP) is 1.02. The first-order chi connectivity index (χ1) is 8.37. The maximum Gasteiger partial charge on any atom is 0.324 e. The molecule has 2 rings (SSSR count). The van der Waals surface area contributed by atoms with Gasteiger partial charge in [-0.05, 0) is 31.4 Å². The number of aromatic nitrogens is 1. The molecule has 8 heteroatoms. The van der Waals surface area contributed by atoms with Crippen molar-refractivity contribution >= 4 is 27.6 Å². The van der Waals surface area contributed by atoms with Crippen LogP contribution in [0.15, 0.2) is 23.2 Å². The van der Waals surface area contributed by atoms with Gasteiger partial charge in [0.1, 0.15) is 15.6 Å². The summed E-state index contributed by atoms with van der Waals surface area (Å²) in [4.78, 5) is 14.6. The van der Waals surface area contributed by atoms with Crippen LogP contribution in [0.1, 0.15) is 19.3 Å². The second-order valence-corrected chi connectivity index (χ2v) is 6.15. The van der Waals surface area contributed by atoms with Gasteiger partial charge >= 0.3 is 5.97 Å². The second kappa shape index (κ2) is 4.49. The lowest BCUT2D eigenvalue weighted by atomic mass is 9.78. The molecule has 1 heterocycles. The number of rotatable bonds is 4. The molecule has 1 aromatic rings. The van der Waals surface area contributed by atoms with Gasteiger partial charge in [-0.2, -0.15) is 4.72 Å². The van der Waals surface area contributed by atoms with Crippen LogP contribution >= 0.6 is 11.6 Å². The number of carbonyl (C=O) groups is 1. The quantitative estimate of drug-likeness (QED) is 0.807. The molecule has 0 unspecified atom stereocenters. The van der Waals surface area contributed by atoms with E-state index in [2.05, 4.69) is 9.71 Å². The molecule has 2 N–H and O–H groups in total. The van der Waals surface area contributed by atoms with E-state index < -0.39 is 21.5 Å². The van der Waals surface area contributed by atoms with Gasteiger partial charge in [0, 0.05) is 6.20 Å². The fourth-order valence-corrected chi connectivity index (χ4v) is 3.65. The molecule has 0 saturated heterocycles. The third-order valence-electron chi connectivity index (χ3n) is 2.96. The first-order valence-electron chi connectivity index (χ1n) is 5.25. The van der Waals surface area contributed by atoms with Crippen molar-refractivity contribution in [2.24, 2.45) is 0 Å². The molecule has 1 aliphatic rings. The van der Waals surface area contributed by atoms with E-state index in [9.17, 15) is 13.2 Å². The van der Waals surface area contributed by atoms with E-state index in [1.165, 1.54) is 18.3 Å². The van der Waals surface area contributed by atoms with Gasteiger partial charge in [-0.3, -0.25) is 4.79 Å². The van der Waals surface area contributed by atoms with Crippen LogP contribution in [0.2, 0.25) is 5.15 Å². The van der Waals surface area contributed by atoms with E-state index in [0.29, 0.717) is 6.42 Å². The molecule has 6 nitrogen and oxygen atoms in total. The number of nitrogens with one attached hydrogen (secondary N) is 1. The van der Waals surface area contributed by atoms with Crippen LogP contribution in [0.3, 0.4) is 0 Å². The Labute approximate surface area is 109 Å². The van der Waals surface area contributed by atoms with Crippen molar-refractivity contribution in [1.82, 2.24) is 9.71 Å². The molecule has 98 valence electrons. The highest BCUT2D eigenvalue weighted by Gasteiger charge is 2.47. The van der Waals surface area contributed by atoms with Crippen LogP contribution in [0.4, 0.5) is 0 Å². The zero-order chi connectivity index (χ0) is 13.4. The summed E-state index contributed by atoms with van der Waals surface area (Å²) in [5.74, 6) is -1.17. The maximum absolute atomic E-state index is 12.1. The summed E-state index contributed by atoms with van der Waals surface area (Å²) in [7, 11) is -3.98. The first kappa shape index (κ1) is 13.3. The van der Waals surface area contributed by atoms with Crippen LogP contribution < -0.4 is 4.72 Å². The van der Waals surface area contributed by atoms with Gasteiger partial charge in [0.25, 0.3) is 0 Å². The summed E-state index contributed by atoms with van der Waals surface area (Å²) < 4.78 is 26.3. The van der Waals surface area contributed by atoms with Crippen LogP contribution in [0.5, 0.6) is 0 Å². The Morgan fingerprint density at radius 1 is 1.50 bits per heavy atom. The number of carboxylic acids is 1. The standard InChI is InChI=1S/C10H11ClN2O4S/c11-8-7(3-1-6-12-8)18(16,17)13-10(9(14)15)4-2-5-10/h1,3,6,13H,2,4-5H2,(H,14,15). The lowest BCUT2D eigenvalue weighted by Gasteiger charge is -2.37. The lowest BCUT2D eigenvalue weighted by Crippen LogP contribution is -2.58. The number of pyridine rings is 1. The highest BCUT2D eigenvalue weighted by atomic mass is 35.5. The fraction of sp³-hybridized carbons (Fsp3) is 0.400.